The Morgan fingerprint density at radius 1 is 0.952 bits per heavy atom. The number of hydrogen-bond acceptors (Lipinski definition) is 4. The topological polar surface area (TPSA) is 56.0 Å². The van der Waals surface area contributed by atoms with E-state index in [1.165, 1.54) is 5.56 Å². The minimum absolute atomic E-state index is 0.0221. The monoisotopic (exact) mass is 278 g/mol. The van der Waals surface area contributed by atoms with Crippen LogP contribution in [0, 0.1) is 13.8 Å². The van der Waals surface area contributed by atoms with E-state index >= 15 is 0 Å². The predicted molar refractivity (Wildman–Crippen MR) is 79.1 cm³/mol. The first-order chi connectivity index (χ1) is 10.1. The van der Waals surface area contributed by atoms with Crippen LogP contribution in [0.15, 0.2) is 52.9 Å². The van der Waals surface area contributed by atoms with Gasteiger partial charge >= 0.3 is 0 Å². The number of carbonyl (C=O) groups is 1. The Kier molecular flexibility index (Phi) is 3.36. The van der Waals surface area contributed by atoms with E-state index in [1.54, 1.807) is 13.0 Å². The van der Waals surface area contributed by atoms with Gasteiger partial charge in [0, 0.05) is 12.5 Å². The molecule has 0 bridgehead atoms. The molecule has 0 aliphatic heterocycles. The average molecular weight is 278 g/mol. The van der Waals surface area contributed by atoms with Crippen molar-refractivity contribution in [3.8, 4) is 11.1 Å². The van der Waals surface area contributed by atoms with Crippen molar-refractivity contribution in [2.45, 2.75) is 13.8 Å². The third-order valence-corrected chi connectivity index (χ3v) is 3.20. The molecule has 1 aromatic heterocycles. The summed E-state index contributed by atoms with van der Waals surface area (Å²) >= 11 is 0. The molecule has 104 valence electrons. The van der Waals surface area contributed by atoms with E-state index in [9.17, 15) is 4.79 Å². The molecule has 4 heteroatoms. The van der Waals surface area contributed by atoms with Gasteiger partial charge in [-0.1, -0.05) is 48.0 Å². The van der Waals surface area contributed by atoms with E-state index in [4.69, 9.17) is 4.42 Å². The molecule has 1 heterocycles. The Labute approximate surface area is 122 Å². The summed E-state index contributed by atoms with van der Waals surface area (Å²) in [7, 11) is 0. The maximum absolute atomic E-state index is 12.3. The van der Waals surface area contributed by atoms with Crippen LogP contribution < -0.4 is 0 Å². The zero-order valence-electron chi connectivity index (χ0n) is 11.8. The number of aromatic nitrogens is 2. The molecule has 0 fully saturated rings. The summed E-state index contributed by atoms with van der Waals surface area (Å²) in [5, 5.41) is 7.46. The summed E-state index contributed by atoms with van der Waals surface area (Å²) in [6.07, 6.45) is 0. The number of rotatable bonds is 3. The van der Waals surface area contributed by atoms with Crippen molar-refractivity contribution in [3.05, 3.63) is 71.4 Å². The maximum Gasteiger partial charge on any atom is 0.289 e. The Hall–Kier alpha value is -2.75. The van der Waals surface area contributed by atoms with Crippen molar-refractivity contribution in [2.24, 2.45) is 0 Å². The lowest BCUT2D eigenvalue weighted by molar-refractivity contribution is 0.100. The molecule has 0 radical (unpaired) electrons. The molecule has 0 N–H and O–H groups in total. The van der Waals surface area contributed by atoms with Crippen LogP contribution in [0.4, 0.5) is 0 Å². The second kappa shape index (κ2) is 5.32. The van der Waals surface area contributed by atoms with Gasteiger partial charge in [-0.25, -0.2) is 0 Å². The van der Waals surface area contributed by atoms with Gasteiger partial charge in [-0.2, -0.15) is 0 Å². The van der Waals surface area contributed by atoms with Crippen LogP contribution in [0.2, 0.25) is 0 Å². The number of nitrogens with zero attached hydrogens (tertiary/aromatic N) is 2. The smallest absolute Gasteiger partial charge is 0.289 e. The predicted octanol–water partition coefficient (Wildman–Crippen LogP) is 3.58. The quantitative estimate of drug-likeness (QED) is 0.687. The highest BCUT2D eigenvalue weighted by Crippen LogP contribution is 2.22. The fourth-order valence-electron chi connectivity index (χ4n) is 2.18. The van der Waals surface area contributed by atoms with Crippen LogP contribution in [0.1, 0.15) is 27.7 Å². The van der Waals surface area contributed by atoms with Crippen molar-refractivity contribution < 1.29 is 9.21 Å². The van der Waals surface area contributed by atoms with Crippen molar-refractivity contribution in [2.75, 3.05) is 0 Å². The highest BCUT2D eigenvalue weighted by molar-refractivity contribution is 6.06. The first-order valence-electron chi connectivity index (χ1n) is 6.65. The molecule has 3 rings (SSSR count). The molecule has 3 aromatic rings. The zero-order chi connectivity index (χ0) is 14.8. The molecular formula is C17H14N2O2. The summed E-state index contributed by atoms with van der Waals surface area (Å²) < 4.78 is 5.19. The summed E-state index contributed by atoms with van der Waals surface area (Å²) in [6.45, 7) is 3.70. The number of carbonyl (C=O) groups excluding carboxylic acids is 1. The molecule has 0 unspecified atom stereocenters. The third kappa shape index (κ3) is 2.74. The minimum atomic E-state index is -0.259. The lowest BCUT2D eigenvalue weighted by Gasteiger charge is -2.04. The van der Waals surface area contributed by atoms with E-state index in [2.05, 4.69) is 16.3 Å². The average Bonchev–Trinajstić information content (AvgIpc) is 2.93. The summed E-state index contributed by atoms with van der Waals surface area (Å²) in [4.78, 5) is 12.3. The molecule has 0 spiro atoms. The maximum atomic E-state index is 12.3. The Balaban J connectivity index is 1.98. The van der Waals surface area contributed by atoms with Crippen molar-refractivity contribution in [1.29, 1.82) is 0 Å². The first kappa shape index (κ1) is 13.2. The van der Waals surface area contributed by atoms with E-state index in [1.807, 2.05) is 43.3 Å². The van der Waals surface area contributed by atoms with Crippen LogP contribution in [-0.4, -0.2) is 16.0 Å². The molecular weight excluding hydrogens is 264 g/mol. The zero-order valence-corrected chi connectivity index (χ0v) is 11.8. The van der Waals surface area contributed by atoms with Gasteiger partial charge in [0.25, 0.3) is 5.89 Å². The molecule has 0 atom stereocenters. The number of hydrogen-bond donors (Lipinski definition) is 0. The second-order valence-electron chi connectivity index (χ2n) is 4.91. The number of aryl methyl sites for hydroxylation is 2. The van der Waals surface area contributed by atoms with E-state index < -0.39 is 0 Å². The number of ketones is 1. The van der Waals surface area contributed by atoms with Gasteiger partial charge in [0.15, 0.2) is 0 Å². The largest absolute Gasteiger partial charge is 0.418 e. The van der Waals surface area contributed by atoms with Crippen molar-refractivity contribution in [3.63, 3.8) is 0 Å². The Bertz CT molecular complexity index is 806. The molecule has 0 saturated carbocycles. The van der Waals surface area contributed by atoms with Crippen LogP contribution in [-0.2, 0) is 0 Å². The van der Waals surface area contributed by atoms with Gasteiger partial charge in [-0.3, -0.25) is 4.79 Å². The second-order valence-corrected chi connectivity index (χ2v) is 4.91. The Morgan fingerprint density at radius 2 is 1.67 bits per heavy atom. The highest BCUT2D eigenvalue weighted by Gasteiger charge is 2.16. The molecule has 0 saturated heterocycles. The van der Waals surface area contributed by atoms with Crippen LogP contribution in [0.25, 0.3) is 11.1 Å². The van der Waals surface area contributed by atoms with Gasteiger partial charge in [0.05, 0.1) is 0 Å². The Morgan fingerprint density at radius 3 is 2.33 bits per heavy atom. The minimum Gasteiger partial charge on any atom is -0.418 e. The van der Waals surface area contributed by atoms with Gasteiger partial charge in [0.1, 0.15) is 0 Å². The van der Waals surface area contributed by atoms with Crippen LogP contribution >= 0.6 is 0 Å². The highest BCUT2D eigenvalue weighted by atomic mass is 16.4. The third-order valence-electron chi connectivity index (χ3n) is 3.20. The van der Waals surface area contributed by atoms with Crippen LogP contribution in [0.3, 0.4) is 0 Å². The SMILES string of the molecule is Cc1cccc(-c2cccc(C(=O)c3nnc(C)o3)c2)c1. The summed E-state index contributed by atoms with van der Waals surface area (Å²) in [5.74, 6) is 0.146. The first-order valence-corrected chi connectivity index (χ1v) is 6.65. The lowest BCUT2D eigenvalue weighted by Crippen LogP contribution is -2.01. The molecule has 0 aliphatic rings. The van der Waals surface area contributed by atoms with Gasteiger partial charge < -0.3 is 4.42 Å². The van der Waals surface area contributed by atoms with Gasteiger partial charge in [-0.05, 0) is 24.1 Å². The fourth-order valence-corrected chi connectivity index (χ4v) is 2.18. The van der Waals surface area contributed by atoms with Crippen molar-refractivity contribution >= 4 is 5.78 Å². The fraction of sp³-hybridized carbons (Fsp3) is 0.118. The van der Waals surface area contributed by atoms with Crippen molar-refractivity contribution in [1.82, 2.24) is 10.2 Å². The van der Waals surface area contributed by atoms with Gasteiger partial charge in [0.2, 0.25) is 11.7 Å². The molecule has 4 nitrogen and oxygen atoms in total. The number of benzene rings is 2. The molecule has 0 aliphatic carbocycles. The van der Waals surface area contributed by atoms with E-state index in [0.29, 0.717) is 11.5 Å². The molecule has 2 aromatic carbocycles. The molecule has 21 heavy (non-hydrogen) atoms. The summed E-state index contributed by atoms with van der Waals surface area (Å²) in [5.41, 5.74) is 3.78. The molecule has 0 amide bonds. The van der Waals surface area contributed by atoms with E-state index in [0.717, 1.165) is 11.1 Å². The van der Waals surface area contributed by atoms with Gasteiger partial charge in [-0.15, -0.1) is 10.2 Å². The normalized spacial score (nSPS) is 10.6. The standard InChI is InChI=1S/C17H14N2O2/c1-11-5-3-6-13(9-11)14-7-4-8-15(10-14)16(20)17-19-18-12(2)21-17/h3-10H,1-2H3. The summed E-state index contributed by atoms with van der Waals surface area (Å²) in [6, 6.07) is 15.6. The van der Waals surface area contributed by atoms with Crippen LogP contribution in [0.5, 0.6) is 0 Å². The van der Waals surface area contributed by atoms with E-state index in [-0.39, 0.29) is 11.7 Å². The lowest BCUT2D eigenvalue weighted by atomic mass is 10.00.